The second kappa shape index (κ2) is 3.23. The average Bonchev–Trinajstić information content (AvgIpc) is 2.47. The van der Waals surface area contributed by atoms with E-state index in [-0.39, 0.29) is 13.2 Å². The van der Waals surface area contributed by atoms with Crippen LogP contribution in [0.4, 0.5) is 0 Å². The standard InChI is InChI=1S/C9H14O6/c1-8(2)14-4-9(15-8)7(12)6(11)5(10)3-13-9/h5-6,10-11H,3-4H2,1-2H3/t5-,6-,9+/m0/s1. The fourth-order valence-corrected chi connectivity index (χ4v) is 1.70. The summed E-state index contributed by atoms with van der Waals surface area (Å²) in [5.41, 5.74) is 0. The topological polar surface area (TPSA) is 85.2 Å². The maximum atomic E-state index is 11.7. The Balaban J connectivity index is 2.20. The molecule has 2 heterocycles. The van der Waals surface area contributed by atoms with Gasteiger partial charge >= 0.3 is 0 Å². The molecule has 0 saturated carbocycles. The maximum absolute atomic E-state index is 11.7. The highest BCUT2D eigenvalue weighted by Gasteiger charge is 2.57. The van der Waals surface area contributed by atoms with Gasteiger partial charge in [0.05, 0.1) is 6.61 Å². The van der Waals surface area contributed by atoms with E-state index in [9.17, 15) is 15.0 Å². The molecular formula is C9H14O6. The van der Waals surface area contributed by atoms with E-state index >= 15 is 0 Å². The molecule has 6 nitrogen and oxygen atoms in total. The lowest BCUT2D eigenvalue weighted by molar-refractivity contribution is -0.271. The zero-order chi connectivity index (χ0) is 11.3. The zero-order valence-corrected chi connectivity index (χ0v) is 8.60. The zero-order valence-electron chi connectivity index (χ0n) is 8.60. The second-order valence-electron chi connectivity index (χ2n) is 4.23. The van der Waals surface area contributed by atoms with Gasteiger partial charge in [0.15, 0.2) is 5.79 Å². The molecule has 2 aliphatic heterocycles. The molecule has 0 radical (unpaired) electrons. The summed E-state index contributed by atoms with van der Waals surface area (Å²) in [6.45, 7) is 3.08. The molecule has 2 fully saturated rings. The Bertz CT molecular complexity index is 288. The predicted octanol–water partition coefficient (Wildman–Crippen LogP) is -1.21. The van der Waals surface area contributed by atoms with Crippen LogP contribution >= 0.6 is 0 Å². The van der Waals surface area contributed by atoms with Crippen LogP contribution < -0.4 is 0 Å². The molecule has 2 rings (SSSR count). The van der Waals surface area contributed by atoms with E-state index in [0.717, 1.165) is 0 Å². The van der Waals surface area contributed by atoms with E-state index in [2.05, 4.69) is 0 Å². The van der Waals surface area contributed by atoms with Crippen molar-refractivity contribution in [2.24, 2.45) is 0 Å². The smallest absolute Gasteiger partial charge is 0.258 e. The number of Topliss-reactive ketones (excluding diaryl/α,β-unsaturated/α-hetero) is 1. The first-order valence-corrected chi connectivity index (χ1v) is 4.75. The molecule has 0 amide bonds. The van der Waals surface area contributed by atoms with E-state index < -0.39 is 29.6 Å². The number of aliphatic hydroxyl groups is 2. The summed E-state index contributed by atoms with van der Waals surface area (Å²) in [6, 6.07) is 0. The van der Waals surface area contributed by atoms with Crippen molar-refractivity contribution in [3.05, 3.63) is 0 Å². The molecule has 0 aliphatic carbocycles. The van der Waals surface area contributed by atoms with Crippen LogP contribution in [0.25, 0.3) is 0 Å². The van der Waals surface area contributed by atoms with Gasteiger partial charge in [0, 0.05) is 0 Å². The number of rotatable bonds is 0. The normalized spacial score (nSPS) is 44.9. The van der Waals surface area contributed by atoms with E-state index in [1.54, 1.807) is 13.8 Å². The Morgan fingerprint density at radius 1 is 1.33 bits per heavy atom. The van der Waals surface area contributed by atoms with Gasteiger partial charge in [-0.2, -0.15) is 0 Å². The lowest BCUT2D eigenvalue weighted by Crippen LogP contribution is -2.59. The van der Waals surface area contributed by atoms with Crippen molar-refractivity contribution in [1.82, 2.24) is 0 Å². The maximum Gasteiger partial charge on any atom is 0.258 e. The van der Waals surface area contributed by atoms with Crippen molar-refractivity contribution < 1.29 is 29.2 Å². The van der Waals surface area contributed by atoms with Crippen LogP contribution in [-0.2, 0) is 19.0 Å². The number of hydrogen-bond acceptors (Lipinski definition) is 6. The van der Waals surface area contributed by atoms with Crippen LogP contribution in [0.2, 0.25) is 0 Å². The third-order valence-corrected chi connectivity index (χ3v) is 2.52. The molecule has 2 aliphatic rings. The van der Waals surface area contributed by atoms with Crippen LogP contribution in [-0.4, -0.2) is 53.0 Å². The summed E-state index contributed by atoms with van der Waals surface area (Å²) >= 11 is 0. The number of aliphatic hydroxyl groups excluding tert-OH is 2. The second-order valence-corrected chi connectivity index (χ2v) is 4.23. The van der Waals surface area contributed by atoms with Crippen LogP contribution in [0.3, 0.4) is 0 Å². The lowest BCUT2D eigenvalue weighted by atomic mass is 9.99. The Morgan fingerprint density at radius 3 is 2.53 bits per heavy atom. The number of ketones is 1. The minimum absolute atomic E-state index is 0.0669. The van der Waals surface area contributed by atoms with Gasteiger partial charge in [0.1, 0.15) is 18.8 Å². The highest BCUT2D eigenvalue weighted by atomic mass is 16.8. The van der Waals surface area contributed by atoms with Gasteiger partial charge in [0.2, 0.25) is 5.78 Å². The molecule has 0 aromatic heterocycles. The lowest BCUT2D eigenvalue weighted by Gasteiger charge is -2.35. The van der Waals surface area contributed by atoms with Gasteiger partial charge in [-0.15, -0.1) is 0 Å². The third kappa shape index (κ3) is 1.68. The van der Waals surface area contributed by atoms with Gasteiger partial charge < -0.3 is 24.4 Å². The first-order chi connectivity index (χ1) is 6.86. The minimum atomic E-state index is -1.55. The SMILES string of the molecule is CC1(C)OC[C@@]2(OC[C@H](O)[C@H](O)C2=O)O1. The van der Waals surface area contributed by atoms with E-state index in [1.165, 1.54) is 0 Å². The molecule has 0 aromatic carbocycles. The number of ether oxygens (including phenoxy) is 3. The molecular weight excluding hydrogens is 204 g/mol. The quantitative estimate of drug-likeness (QED) is 0.530. The minimum Gasteiger partial charge on any atom is -0.388 e. The molecule has 2 N–H and O–H groups in total. The summed E-state index contributed by atoms with van der Waals surface area (Å²) in [4.78, 5) is 11.7. The Labute approximate surface area is 86.7 Å². The number of hydrogen-bond donors (Lipinski definition) is 2. The van der Waals surface area contributed by atoms with Crippen molar-refractivity contribution in [2.75, 3.05) is 13.2 Å². The Kier molecular flexibility index (Phi) is 2.36. The van der Waals surface area contributed by atoms with Gasteiger partial charge in [-0.1, -0.05) is 0 Å². The summed E-state index contributed by atoms with van der Waals surface area (Å²) in [5, 5.41) is 18.7. The van der Waals surface area contributed by atoms with Crippen molar-refractivity contribution in [3.8, 4) is 0 Å². The van der Waals surface area contributed by atoms with E-state index in [1.807, 2.05) is 0 Å². The fraction of sp³-hybridized carbons (Fsp3) is 0.889. The summed E-state index contributed by atoms with van der Waals surface area (Å²) < 4.78 is 15.7. The third-order valence-electron chi connectivity index (χ3n) is 2.52. The fourth-order valence-electron chi connectivity index (χ4n) is 1.70. The van der Waals surface area contributed by atoms with E-state index in [4.69, 9.17) is 14.2 Å². The molecule has 2 saturated heterocycles. The molecule has 86 valence electrons. The molecule has 3 atom stereocenters. The summed E-state index contributed by atoms with van der Waals surface area (Å²) in [5.74, 6) is -3.16. The number of carbonyl (C=O) groups is 1. The van der Waals surface area contributed by atoms with Gasteiger partial charge in [-0.3, -0.25) is 4.79 Å². The average molecular weight is 218 g/mol. The van der Waals surface area contributed by atoms with Gasteiger partial charge in [-0.05, 0) is 13.8 Å². The van der Waals surface area contributed by atoms with Gasteiger partial charge in [0.25, 0.3) is 5.79 Å². The molecule has 15 heavy (non-hydrogen) atoms. The predicted molar refractivity (Wildman–Crippen MR) is 46.8 cm³/mol. The van der Waals surface area contributed by atoms with Crippen molar-refractivity contribution in [1.29, 1.82) is 0 Å². The van der Waals surface area contributed by atoms with Crippen LogP contribution in [0, 0.1) is 0 Å². The van der Waals surface area contributed by atoms with Crippen LogP contribution in [0.5, 0.6) is 0 Å². The van der Waals surface area contributed by atoms with Crippen molar-refractivity contribution in [3.63, 3.8) is 0 Å². The molecule has 0 bridgehead atoms. The summed E-state index contributed by atoms with van der Waals surface area (Å²) in [6.07, 6.45) is -2.67. The largest absolute Gasteiger partial charge is 0.388 e. The van der Waals surface area contributed by atoms with Crippen molar-refractivity contribution >= 4 is 5.78 Å². The number of carbonyl (C=O) groups excluding carboxylic acids is 1. The molecule has 0 aromatic rings. The van der Waals surface area contributed by atoms with Gasteiger partial charge in [-0.25, -0.2) is 0 Å². The van der Waals surface area contributed by atoms with Crippen molar-refractivity contribution in [2.45, 2.75) is 37.6 Å². The van der Waals surface area contributed by atoms with Crippen LogP contribution in [0.1, 0.15) is 13.8 Å². The first kappa shape index (κ1) is 11.0. The van der Waals surface area contributed by atoms with Crippen LogP contribution in [0.15, 0.2) is 0 Å². The first-order valence-electron chi connectivity index (χ1n) is 4.75. The summed E-state index contributed by atoms with van der Waals surface area (Å²) in [7, 11) is 0. The highest BCUT2D eigenvalue weighted by molar-refractivity contribution is 5.91. The van der Waals surface area contributed by atoms with E-state index in [0.29, 0.717) is 0 Å². The molecule has 1 spiro atoms. The monoisotopic (exact) mass is 218 g/mol. The Hall–Kier alpha value is -0.530. The molecule has 0 unspecified atom stereocenters. The molecule has 6 heteroatoms. The highest BCUT2D eigenvalue weighted by Crippen LogP contribution is 2.35. The Morgan fingerprint density at radius 2 is 2.00 bits per heavy atom.